The minimum Gasteiger partial charge on any atom is -0.448 e. The summed E-state index contributed by atoms with van der Waals surface area (Å²) in [6, 6.07) is 7.02. The van der Waals surface area contributed by atoms with Gasteiger partial charge in [-0.15, -0.1) is 0 Å². The van der Waals surface area contributed by atoms with E-state index in [9.17, 15) is 13.8 Å². The van der Waals surface area contributed by atoms with E-state index in [-0.39, 0.29) is 23.8 Å². The molecule has 1 aliphatic heterocycles. The Morgan fingerprint density at radius 3 is 2.61 bits per heavy atom. The Bertz CT molecular complexity index is 1590. The lowest BCUT2D eigenvalue weighted by Gasteiger charge is -2.17. The number of pyridine rings is 1. The number of hydrogen-bond donors (Lipinski definition) is 0. The summed E-state index contributed by atoms with van der Waals surface area (Å²) < 4.78 is 18.5. The number of cyclic esters (lactones) is 1. The molecule has 1 fully saturated rings. The highest BCUT2D eigenvalue weighted by Crippen LogP contribution is 2.31. The maximum Gasteiger partial charge on any atom is 0.410 e. The number of aryl methyl sites for hydroxylation is 1. The van der Waals surface area contributed by atoms with Crippen molar-refractivity contribution >= 4 is 39.5 Å². The van der Waals surface area contributed by atoms with Crippen molar-refractivity contribution in [3.05, 3.63) is 63.9 Å². The average Bonchev–Trinajstić information content (AvgIpc) is 3.27. The van der Waals surface area contributed by atoms with Gasteiger partial charge in [0.25, 0.3) is 5.56 Å². The molecule has 4 heterocycles. The van der Waals surface area contributed by atoms with Crippen LogP contribution in [0.5, 0.6) is 0 Å². The summed E-state index contributed by atoms with van der Waals surface area (Å²) in [6.07, 6.45) is 5.90. The molecular weight excluding hydrogens is 504 g/mol. The van der Waals surface area contributed by atoms with Crippen LogP contribution in [0.4, 0.5) is 4.79 Å². The topological polar surface area (TPSA) is 120 Å². The molecule has 10 nitrogen and oxygen atoms in total. The Morgan fingerprint density at radius 1 is 1.08 bits per heavy atom. The zero-order valence-electron chi connectivity index (χ0n) is 19.5. The van der Waals surface area contributed by atoms with Gasteiger partial charge >= 0.3 is 6.09 Å². The summed E-state index contributed by atoms with van der Waals surface area (Å²) in [4.78, 5) is 44.4. The van der Waals surface area contributed by atoms with Crippen LogP contribution in [-0.2, 0) is 22.1 Å². The van der Waals surface area contributed by atoms with Gasteiger partial charge in [0.05, 0.1) is 34.9 Å². The highest BCUT2D eigenvalue weighted by atomic mass is 35.5. The molecule has 12 heteroatoms. The highest BCUT2D eigenvalue weighted by Gasteiger charge is 2.23. The Labute approximate surface area is 213 Å². The second-order valence-electron chi connectivity index (χ2n) is 8.24. The molecule has 36 heavy (non-hydrogen) atoms. The van der Waals surface area contributed by atoms with E-state index in [1.807, 2.05) is 13.0 Å². The molecule has 1 amide bonds. The molecule has 5 rings (SSSR count). The van der Waals surface area contributed by atoms with Crippen LogP contribution in [0.25, 0.3) is 33.4 Å². The van der Waals surface area contributed by atoms with Gasteiger partial charge in [-0.25, -0.2) is 19.7 Å². The van der Waals surface area contributed by atoms with Crippen LogP contribution in [0.15, 0.2) is 52.8 Å². The Hall–Kier alpha value is -3.70. The minimum absolute atomic E-state index is 0.116. The molecule has 1 saturated heterocycles. The third-order valence-electron chi connectivity index (χ3n) is 5.81. The average molecular weight is 525 g/mol. The quantitative estimate of drug-likeness (QED) is 0.353. The van der Waals surface area contributed by atoms with Crippen LogP contribution in [0, 0.1) is 6.92 Å². The van der Waals surface area contributed by atoms with Gasteiger partial charge in [0, 0.05) is 58.8 Å². The Balaban J connectivity index is 1.62. The first kappa shape index (κ1) is 24.0. The third kappa shape index (κ3) is 4.59. The second-order valence-corrected chi connectivity index (χ2v) is 9.92. The predicted molar refractivity (Wildman–Crippen MR) is 135 cm³/mol. The lowest BCUT2D eigenvalue weighted by atomic mass is 10.0. The van der Waals surface area contributed by atoms with Gasteiger partial charge in [-0.2, -0.15) is 0 Å². The summed E-state index contributed by atoms with van der Waals surface area (Å²) >= 11 is 6.66. The van der Waals surface area contributed by atoms with Gasteiger partial charge < -0.3 is 9.64 Å². The molecule has 1 atom stereocenters. The van der Waals surface area contributed by atoms with Crippen molar-refractivity contribution in [2.24, 2.45) is 0 Å². The number of rotatable bonds is 6. The van der Waals surface area contributed by atoms with E-state index in [2.05, 4.69) is 19.9 Å². The van der Waals surface area contributed by atoms with E-state index < -0.39 is 16.9 Å². The van der Waals surface area contributed by atoms with Gasteiger partial charge in [-0.1, -0.05) is 23.7 Å². The van der Waals surface area contributed by atoms with Crippen molar-refractivity contribution < 1.29 is 13.7 Å². The minimum atomic E-state index is -1.43. The third-order valence-corrected chi connectivity index (χ3v) is 6.83. The molecule has 0 N–H and O–H groups in total. The van der Waals surface area contributed by atoms with Crippen LogP contribution in [0.1, 0.15) is 5.69 Å². The molecule has 1 aliphatic rings. The number of aromatic nitrogens is 5. The number of ether oxygens (including phenoxy) is 1. The molecule has 1 unspecified atom stereocenters. The van der Waals surface area contributed by atoms with Crippen molar-refractivity contribution in [1.29, 1.82) is 0 Å². The molecule has 0 saturated carbocycles. The number of amides is 1. The lowest BCUT2D eigenvalue weighted by molar-refractivity contribution is 0.157. The summed E-state index contributed by atoms with van der Waals surface area (Å²) in [7, 11) is -1.43. The van der Waals surface area contributed by atoms with Gasteiger partial charge in [-0.3, -0.25) is 18.6 Å². The van der Waals surface area contributed by atoms with E-state index >= 15 is 0 Å². The maximum absolute atomic E-state index is 13.7. The number of carbonyl (C=O) groups is 1. The SMILES string of the molecule is Cc1cncc(-c2ccc(-c3cc4cnc(S(C)=O)nc4n(CCN4CCOC4=O)c3=O)c(Cl)c2)n1. The first-order chi connectivity index (χ1) is 17.3. The monoisotopic (exact) mass is 524 g/mol. The standard InChI is InChI=1S/C24H21ClN6O4S/c1-14-11-26-13-20(28-14)15-3-4-17(19(25)10-15)18-9-16-12-27-23(36(2)34)29-21(16)31(22(18)32)6-5-30-7-8-35-24(30)33/h3-4,9-13H,5-8H2,1-2H3. The molecule has 3 aromatic heterocycles. The summed E-state index contributed by atoms with van der Waals surface area (Å²) in [6.45, 7) is 3.03. The van der Waals surface area contributed by atoms with Gasteiger partial charge in [0.15, 0.2) is 0 Å². The largest absolute Gasteiger partial charge is 0.448 e. The first-order valence-electron chi connectivity index (χ1n) is 11.1. The van der Waals surface area contributed by atoms with Crippen molar-refractivity contribution in [1.82, 2.24) is 29.4 Å². The smallest absolute Gasteiger partial charge is 0.410 e. The lowest BCUT2D eigenvalue weighted by Crippen LogP contribution is -2.32. The molecule has 4 aromatic rings. The Kier molecular flexibility index (Phi) is 6.50. The molecule has 1 aromatic carbocycles. The van der Waals surface area contributed by atoms with E-state index in [0.717, 1.165) is 11.3 Å². The van der Waals surface area contributed by atoms with Crippen LogP contribution < -0.4 is 5.56 Å². The Morgan fingerprint density at radius 2 is 1.92 bits per heavy atom. The maximum atomic E-state index is 13.7. The number of hydrogen-bond acceptors (Lipinski definition) is 8. The molecule has 0 aliphatic carbocycles. The van der Waals surface area contributed by atoms with E-state index in [0.29, 0.717) is 46.0 Å². The van der Waals surface area contributed by atoms with E-state index in [4.69, 9.17) is 16.3 Å². The molecule has 184 valence electrons. The summed E-state index contributed by atoms with van der Waals surface area (Å²) in [5.74, 6) is 0. The fourth-order valence-corrected chi connectivity index (χ4v) is 4.73. The second kappa shape index (κ2) is 9.75. The first-order valence-corrected chi connectivity index (χ1v) is 13.0. The number of benzene rings is 1. The van der Waals surface area contributed by atoms with Gasteiger partial charge in [0.1, 0.15) is 12.3 Å². The predicted octanol–water partition coefficient (Wildman–Crippen LogP) is 3.07. The van der Waals surface area contributed by atoms with Crippen LogP contribution >= 0.6 is 11.6 Å². The number of halogens is 1. The van der Waals surface area contributed by atoms with E-state index in [1.54, 1.807) is 30.6 Å². The van der Waals surface area contributed by atoms with E-state index in [1.165, 1.54) is 21.9 Å². The molecule has 0 spiro atoms. The van der Waals surface area contributed by atoms with Crippen LogP contribution in [0.3, 0.4) is 0 Å². The normalized spacial score (nSPS) is 14.3. The van der Waals surface area contributed by atoms with Crippen LogP contribution in [-0.4, -0.2) is 65.7 Å². The zero-order valence-corrected chi connectivity index (χ0v) is 21.0. The fraction of sp³-hybridized carbons (Fsp3) is 0.250. The van der Waals surface area contributed by atoms with Crippen molar-refractivity contribution in [2.75, 3.05) is 26.0 Å². The number of carbonyl (C=O) groups excluding carboxylic acids is 1. The van der Waals surface area contributed by atoms with Crippen molar-refractivity contribution in [2.45, 2.75) is 18.6 Å². The number of nitrogens with zero attached hydrogens (tertiary/aromatic N) is 6. The highest BCUT2D eigenvalue weighted by molar-refractivity contribution is 7.84. The van der Waals surface area contributed by atoms with Crippen LogP contribution in [0.2, 0.25) is 5.02 Å². The zero-order chi connectivity index (χ0) is 25.4. The summed E-state index contributed by atoms with van der Waals surface area (Å²) in [5.41, 5.74) is 3.10. The van der Waals surface area contributed by atoms with Crippen molar-refractivity contribution in [3.63, 3.8) is 0 Å². The van der Waals surface area contributed by atoms with Crippen molar-refractivity contribution in [3.8, 4) is 22.4 Å². The molecular formula is C24H21ClN6O4S. The molecule has 0 bridgehead atoms. The summed E-state index contributed by atoms with van der Waals surface area (Å²) in [5, 5.41) is 1.06. The molecule has 0 radical (unpaired) electrons. The van der Waals surface area contributed by atoms with Gasteiger partial charge in [0.2, 0.25) is 5.16 Å². The number of fused-ring (bicyclic) bond motifs is 1. The fourth-order valence-electron chi connectivity index (χ4n) is 4.03. The van der Waals surface area contributed by atoms with Gasteiger partial charge in [-0.05, 0) is 19.1 Å².